The number of hydrogen-bond donors (Lipinski definition) is 1. The van der Waals surface area contributed by atoms with Crippen LogP contribution in [-0.4, -0.2) is 23.2 Å². The van der Waals surface area contributed by atoms with Gasteiger partial charge in [0.25, 0.3) is 0 Å². The lowest BCUT2D eigenvalue weighted by Gasteiger charge is -2.19. The molecule has 0 unspecified atom stereocenters. The van der Waals surface area contributed by atoms with Gasteiger partial charge in [0.2, 0.25) is 5.88 Å². The van der Waals surface area contributed by atoms with E-state index in [-0.39, 0.29) is 0 Å². The maximum Gasteiger partial charge on any atom is 0.344 e. The van der Waals surface area contributed by atoms with Crippen LogP contribution in [0.3, 0.4) is 0 Å². The van der Waals surface area contributed by atoms with Crippen LogP contribution in [0.5, 0.6) is 5.88 Å². The molecule has 4 heteroatoms. The third-order valence-corrected chi connectivity index (χ3v) is 2.62. The molecule has 20 heavy (non-hydrogen) atoms. The molecule has 1 heterocycles. The fourth-order valence-electron chi connectivity index (χ4n) is 1.90. The number of rotatable bonds is 4. The van der Waals surface area contributed by atoms with Crippen molar-refractivity contribution in [2.24, 2.45) is 0 Å². The molecule has 0 saturated heterocycles. The summed E-state index contributed by atoms with van der Waals surface area (Å²) in [7, 11) is 0. The Kier molecular flexibility index (Phi) is 3.84. The number of benzene rings is 1. The quantitative estimate of drug-likeness (QED) is 0.682. The van der Waals surface area contributed by atoms with E-state index in [1.54, 1.807) is 6.08 Å². The predicted molar refractivity (Wildman–Crippen MR) is 79.2 cm³/mol. The van der Waals surface area contributed by atoms with Gasteiger partial charge < -0.3 is 14.5 Å². The molecule has 1 aromatic carbocycles. The molecule has 0 radical (unpaired) electrons. The monoisotopic (exact) mass is 273 g/mol. The molecule has 0 bridgehead atoms. The zero-order valence-electron chi connectivity index (χ0n) is 12.0. The van der Waals surface area contributed by atoms with Crippen molar-refractivity contribution in [2.45, 2.75) is 26.4 Å². The minimum atomic E-state index is -0.550. The van der Waals surface area contributed by atoms with Crippen molar-refractivity contribution in [1.82, 2.24) is 4.98 Å². The number of esters is 1. The number of ether oxygens (including phenoxy) is 2. The van der Waals surface area contributed by atoms with Gasteiger partial charge in [0.1, 0.15) is 17.8 Å². The molecule has 2 aromatic rings. The fraction of sp³-hybridized carbons (Fsp3) is 0.312. The lowest BCUT2D eigenvalue weighted by Crippen LogP contribution is -2.24. The largest absolute Gasteiger partial charge is 0.474 e. The van der Waals surface area contributed by atoms with Gasteiger partial charge in [-0.05, 0) is 26.8 Å². The van der Waals surface area contributed by atoms with E-state index < -0.39 is 11.6 Å². The second-order valence-corrected chi connectivity index (χ2v) is 5.48. The van der Waals surface area contributed by atoms with Crippen LogP contribution in [0.15, 0.2) is 36.9 Å². The Balaban J connectivity index is 2.47. The molecule has 4 nitrogen and oxygen atoms in total. The average Bonchev–Trinajstić information content (AvgIpc) is 2.72. The number of carbonyl (C=O) groups is 1. The highest BCUT2D eigenvalue weighted by molar-refractivity contribution is 6.07. The van der Waals surface area contributed by atoms with Gasteiger partial charge in [-0.15, -0.1) is 0 Å². The Labute approximate surface area is 118 Å². The van der Waals surface area contributed by atoms with Crippen molar-refractivity contribution >= 4 is 16.9 Å². The molecule has 1 aromatic heterocycles. The van der Waals surface area contributed by atoms with E-state index in [4.69, 9.17) is 9.47 Å². The summed E-state index contributed by atoms with van der Waals surface area (Å²) in [4.78, 5) is 15.5. The normalized spacial score (nSPS) is 11.3. The first kappa shape index (κ1) is 14.2. The molecule has 1 N–H and O–H groups in total. The molecule has 106 valence electrons. The van der Waals surface area contributed by atoms with Crippen molar-refractivity contribution < 1.29 is 14.3 Å². The van der Waals surface area contributed by atoms with Crippen LogP contribution in [0.25, 0.3) is 10.9 Å². The van der Waals surface area contributed by atoms with Gasteiger partial charge in [-0.3, -0.25) is 0 Å². The third kappa shape index (κ3) is 3.02. The van der Waals surface area contributed by atoms with Crippen molar-refractivity contribution in [3.63, 3.8) is 0 Å². The summed E-state index contributed by atoms with van der Waals surface area (Å²) in [5, 5.41) is 0.792. The molecule has 0 saturated carbocycles. The second kappa shape index (κ2) is 5.41. The first-order chi connectivity index (χ1) is 9.42. The SMILES string of the molecule is C=CCOc1[nH]c2ccccc2c1C(=O)OC(C)(C)C. The van der Waals surface area contributed by atoms with E-state index in [9.17, 15) is 4.79 Å². The van der Waals surface area contributed by atoms with Gasteiger partial charge in [0.15, 0.2) is 0 Å². The number of carbonyl (C=O) groups excluding carboxylic acids is 1. The maximum atomic E-state index is 12.4. The summed E-state index contributed by atoms with van der Waals surface area (Å²) in [6.45, 7) is 9.44. The van der Waals surface area contributed by atoms with Crippen molar-refractivity contribution in [3.8, 4) is 5.88 Å². The second-order valence-electron chi connectivity index (χ2n) is 5.48. The van der Waals surface area contributed by atoms with Crippen LogP contribution in [0.1, 0.15) is 31.1 Å². The van der Waals surface area contributed by atoms with E-state index in [1.807, 2.05) is 45.0 Å². The predicted octanol–water partition coefficient (Wildman–Crippen LogP) is 3.69. The van der Waals surface area contributed by atoms with Gasteiger partial charge in [-0.2, -0.15) is 0 Å². The number of aromatic amines is 1. The molecular weight excluding hydrogens is 254 g/mol. The molecule has 0 aliphatic carbocycles. The molecule has 0 aliphatic rings. The van der Waals surface area contributed by atoms with Crippen molar-refractivity contribution in [2.75, 3.05) is 6.61 Å². The highest BCUT2D eigenvalue weighted by Gasteiger charge is 2.25. The number of fused-ring (bicyclic) bond motifs is 1. The average molecular weight is 273 g/mol. The first-order valence-corrected chi connectivity index (χ1v) is 6.50. The maximum absolute atomic E-state index is 12.4. The highest BCUT2D eigenvalue weighted by Crippen LogP contribution is 2.30. The minimum absolute atomic E-state index is 0.322. The first-order valence-electron chi connectivity index (χ1n) is 6.50. The van der Waals surface area contributed by atoms with Gasteiger partial charge in [-0.1, -0.05) is 30.9 Å². The van der Waals surface area contributed by atoms with Crippen LogP contribution in [-0.2, 0) is 4.74 Å². The smallest absolute Gasteiger partial charge is 0.344 e. The molecule has 0 spiro atoms. The van der Waals surface area contributed by atoms with Crippen LogP contribution >= 0.6 is 0 Å². The zero-order valence-corrected chi connectivity index (χ0v) is 12.0. The Bertz CT molecular complexity index is 635. The topological polar surface area (TPSA) is 51.3 Å². The van der Waals surface area contributed by atoms with Gasteiger partial charge in [-0.25, -0.2) is 4.79 Å². The number of aromatic nitrogens is 1. The number of nitrogens with one attached hydrogen (secondary N) is 1. The van der Waals surface area contributed by atoms with E-state index in [0.29, 0.717) is 18.1 Å². The van der Waals surface area contributed by atoms with Crippen LogP contribution in [0, 0.1) is 0 Å². The van der Waals surface area contributed by atoms with Crippen LogP contribution in [0.2, 0.25) is 0 Å². The molecular formula is C16H19NO3. The van der Waals surface area contributed by atoms with E-state index in [0.717, 1.165) is 10.9 Å². The summed E-state index contributed by atoms with van der Waals surface area (Å²) < 4.78 is 11.0. The Morgan fingerprint density at radius 1 is 1.35 bits per heavy atom. The third-order valence-electron chi connectivity index (χ3n) is 2.62. The summed E-state index contributed by atoms with van der Waals surface area (Å²) in [6, 6.07) is 7.53. The van der Waals surface area contributed by atoms with E-state index >= 15 is 0 Å². The Morgan fingerprint density at radius 2 is 2.05 bits per heavy atom. The minimum Gasteiger partial charge on any atom is -0.474 e. The van der Waals surface area contributed by atoms with Gasteiger partial charge in [0, 0.05) is 10.9 Å². The van der Waals surface area contributed by atoms with Crippen molar-refractivity contribution in [3.05, 3.63) is 42.5 Å². The highest BCUT2D eigenvalue weighted by atomic mass is 16.6. The standard InChI is InChI=1S/C16H19NO3/c1-5-10-19-14-13(15(18)20-16(2,3)4)11-8-6-7-9-12(11)17-14/h5-9,17H,1,10H2,2-4H3. The zero-order chi connectivity index (χ0) is 14.8. The van der Waals surface area contributed by atoms with Crippen LogP contribution in [0.4, 0.5) is 0 Å². The molecule has 0 atom stereocenters. The van der Waals surface area contributed by atoms with Gasteiger partial charge >= 0.3 is 5.97 Å². The van der Waals surface area contributed by atoms with Gasteiger partial charge in [0.05, 0.1) is 0 Å². The fourth-order valence-corrected chi connectivity index (χ4v) is 1.90. The van der Waals surface area contributed by atoms with Crippen LogP contribution < -0.4 is 4.74 Å². The summed E-state index contributed by atoms with van der Waals surface area (Å²) >= 11 is 0. The summed E-state index contributed by atoms with van der Waals surface area (Å²) in [5.41, 5.74) is 0.718. The van der Waals surface area contributed by atoms with E-state index in [1.165, 1.54) is 0 Å². The summed E-state index contributed by atoms with van der Waals surface area (Å²) in [6.07, 6.45) is 1.63. The lowest BCUT2D eigenvalue weighted by atomic mass is 10.1. The van der Waals surface area contributed by atoms with Crippen molar-refractivity contribution in [1.29, 1.82) is 0 Å². The summed E-state index contributed by atoms with van der Waals surface area (Å²) in [5.74, 6) is 0.0226. The lowest BCUT2D eigenvalue weighted by molar-refractivity contribution is 0.00685. The molecule has 0 aliphatic heterocycles. The molecule has 0 amide bonds. The number of para-hydroxylation sites is 1. The Morgan fingerprint density at radius 3 is 2.70 bits per heavy atom. The number of H-pyrrole nitrogens is 1. The number of hydrogen-bond acceptors (Lipinski definition) is 3. The van der Waals surface area contributed by atoms with E-state index in [2.05, 4.69) is 11.6 Å². The Hall–Kier alpha value is -2.23. The molecule has 2 rings (SSSR count). The molecule has 0 fully saturated rings.